The highest BCUT2D eigenvalue weighted by molar-refractivity contribution is 5.95. The summed E-state index contributed by atoms with van der Waals surface area (Å²) >= 11 is 0. The lowest BCUT2D eigenvalue weighted by Crippen LogP contribution is -2.43. The van der Waals surface area contributed by atoms with Crippen LogP contribution in [0.3, 0.4) is 0 Å². The lowest BCUT2D eigenvalue weighted by atomic mass is 10.0. The molecule has 1 heterocycles. The van der Waals surface area contributed by atoms with Crippen LogP contribution < -0.4 is 5.32 Å². The number of allylic oxidation sites excluding steroid dienone is 4. The van der Waals surface area contributed by atoms with Gasteiger partial charge in [0.05, 0.1) is 12.5 Å². The Morgan fingerprint density at radius 1 is 0.492 bits per heavy atom. The van der Waals surface area contributed by atoms with Gasteiger partial charge in [-0.3, -0.25) is 9.59 Å². The molecule has 3 atom stereocenters. The van der Waals surface area contributed by atoms with Crippen molar-refractivity contribution in [3.63, 3.8) is 0 Å². The van der Waals surface area contributed by atoms with Gasteiger partial charge in [-0.1, -0.05) is 219 Å². The molecule has 0 saturated carbocycles. The summed E-state index contributed by atoms with van der Waals surface area (Å²) in [5.74, 6) is -1.25. The van der Waals surface area contributed by atoms with Crippen molar-refractivity contribution in [2.24, 2.45) is 0 Å². The Morgan fingerprint density at radius 2 is 0.877 bits per heavy atom. The summed E-state index contributed by atoms with van der Waals surface area (Å²) < 4.78 is 12.4. The maximum absolute atomic E-state index is 14.0. The number of rotatable bonds is 48. The number of amides is 1. The van der Waals surface area contributed by atoms with Gasteiger partial charge in [-0.15, -0.1) is 0 Å². The van der Waals surface area contributed by atoms with Gasteiger partial charge in [-0.25, -0.2) is 9.78 Å². The Labute approximate surface area is 400 Å². The lowest BCUT2D eigenvalue weighted by molar-refractivity contribution is -0.153. The molecular weight excluding hydrogens is 807 g/mol. The summed E-state index contributed by atoms with van der Waals surface area (Å²) in [7, 11) is 0. The number of hydrogen-bond donors (Lipinski definition) is 2. The van der Waals surface area contributed by atoms with Crippen molar-refractivity contribution in [2.75, 3.05) is 0 Å². The van der Waals surface area contributed by atoms with E-state index < -0.39 is 17.9 Å². The van der Waals surface area contributed by atoms with Crippen LogP contribution in [-0.4, -0.2) is 46.1 Å². The van der Waals surface area contributed by atoms with E-state index >= 15 is 0 Å². The maximum Gasteiger partial charge on any atom is 0.328 e. The minimum Gasteiger partial charge on any atom is -0.462 e. The third-order valence-corrected chi connectivity index (χ3v) is 12.9. The number of unbranched alkanes of at least 4 members (excludes halogenated alkanes) is 28. The number of hydrogen-bond acceptors (Lipinski definition) is 6. The van der Waals surface area contributed by atoms with Crippen LogP contribution in [0.15, 0.2) is 36.8 Å². The van der Waals surface area contributed by atoms with Gasteiger partial charge >= 0.3 is 11.9 Å². The summed E-state index contributed by atoms with van der Waals surface area (Å²) in [4.78, 5) is 47.6. The molecule has 1 rings (SSSR count). The number of ether oxygens (including phenoxy) is 2. The van der Waals surface area contributed by atoms with E-state index in [4.69, 9.17) is 9.47 Å². The summed E-state index contributed by atoms with van der Waals surface area (Å²) in [6.45, 7) is 8.99. The van der Waals surface area contributed by atoms with Crippen molar-refractivity contribution >= 4 is 17.8 Å². The van der Waals surface area contributed by atoms with E-state index in [9.17, 15) is 14.4 Å². The molecule has 1 amide bonds. The molecule has 0 radical (unpaired) electrons. The van der Waals surface area contributed by atoms with Crippen molar-refractivity contribution in [1.29, 1.82) is 0 Å². The monoisotopic (exact) mass is 910 g/mol. The normalized spacial score (nSPS) is 13.1. The predicted molar refractivity (Wildman–Crippen MR) is 275 cm³/mol. The first-order valence-corrected chi connectivity index (χ1v) is 27.9. The molecule has 0 bridgehead atoms. The van der Waals surface area contributed by atoms with Gasteiger partial charge in [-0.05, 0) is 83.5 Å². The number of nitrogens with one attached hydrogen (secondary N) is 2. The van der Waals surface area contributed by atoms with E-state index in [-0.39, 0.29) is 36.7 Å². The van der Waals surface area contributed by atoms with Gasteiger partial charge in [0.25, 0.3) is 5.91 Å². The molecule has 0 saturated heterocycles. The molecule has 2 N–H and O–H groups in total. The molecule has 8 heteroatoms. The zero-order valence-electron chi connectivity index (χ0n) is 43.0. The molecule has 65 heavy (non-hydrogen) atoms. The number of nitrogens with zero attached hydrogens (tertiary/aromatic N) is 1. The Balaban J connectivity index is 2.85. The summed E-state index contributed by atoms with van der Waals surface area (Å²) in [5, 5.41) is 2.87. The van der Waals surface area contributed by atoms with Crippen LogP contribution in [0.4, 0.5) is 0 Å². The highest BCUT2D eigenvalue weighted by Gasteiger charge is 2.28. The molecule has 376 valence electrons. The Hall–Kier alpha value is -2.90. The van der Waals surface area contributed by atoms with Crippen LogP contribution in [0.1, 0.15) is 295 Å². The van der Waals surface area contributed by atoms with Crippen LogP contribution in [0.25, 0.3) is 0 Å². The Morgan fingerprint density at radius 3 is 1.29 bits per heavy atom. The molecule has 1 aromatic rings. The van der Waals surface area contributed by atoms with Gasteiger partial charge in [0.2, 0.25) is 0 Å². The van der Waals surface area contributed by atoms with Crippen LogP contribution in [0.2, 0.25) is 0 Å². The molecular formula is C57H103N3O5. The number of aromatic amines is 1. The van der Waals surface area contributed by atoms with Crippen molar-refractivity contribution in [3.05, 3.63) is 42.5 Å². The van der Waals surface area contributed by atoms with Crippen molar-refractivity contribution < 1.29 is 23.9 Å². The topological polar surface area (TPSA) is 110 Å². The van der Waals surface area contributed by atoms with Crippen LogP contribution in [0.5, 0.6) is 0 Å². The number of carbonyl (C=O) groups excluding carboxylic acids is 3. The van der Waals surface area contributed by atoms with Crippen molar-refractivity contribution in [1.82, 2.24) is 15.3 Å². The lowest BCUT2D eigenvalue weighted by Gasteiger charge is -2.23. The predicted octanol–water partition coefficient (Wildman–Crippen LogP) is 17.1. The molecule has 0 aliphatic heterocycles. The second-order valence-electron chi connectivity index (χ2n) is 19.1. The highest BCUT2D eigenvalue weighted by Crippen LogP contribution is 2.20. The Bertz CT molecular complexity index is 1260. The number of imidazole rings is 1. The van der Waals surface area contributed by atoms with Gasteiger partial charge < -0.3 is 19.8 Å². The van der Waals surface area contributed by atoms with E-state index in [2.05, 4.69) is 67.3 Å². The quantitative estimate of drug-likeness (QED) is 0.0383. The molecule has 1 aromatic heterocycles. The van der Waals surface area contributed by atoms with E-state index in [1.807, 2.05) is 0 Å². The maximum atomic E-state index is 14.0. The smallest absolute Gasteiger partial charge is 0.328 e. The second kappa shape index (κ2) is 46.2. The van der Waals surface area contributed by atoms with E-state index in [0.29, 0.717) is 0 Å². The van der Waals surface area contributed by atoms with Crippen LogP contribution in [-0.2, 0) is 19.1 Å². The molecule has 8 nitrogen and oxygen atoms in total. The van der Waals surface area contributed by atoms with E-state index in [1.165, 1.54) is 179 Å². The Kier molecular flexibility index (Phi) is 42.7. The molecule has 0 fully saturated rings. The van der Waals surface area contributed by atoms with Gasteiger partial charge in [0.15, 0.2) is 0 Å². The zero-order chi connectivity index (χ0) is 47.1. The average Bonchev–Trinajstić information content (AvgIpc) is 3.86. The zero-order valence-corrected chi connectivity index (χ0v) is 43.0. The highest BCUT2D eigenvalue weighted by atomic mass is 16.5. The fraction of sp³-hybridized carbons (Fsp3) is 0.825. The summed E-state index contributed by atoms with van der Waals surface area (Å²) in [6.07, 6.45) is 56.8. The minimum absolute atomic E-state index is 0.0225. The fourth-order valence-corrected chi connectivity index (χ4v) is 8.63. The van der Waals surface area contributed by atoms with E-state index in [1.54, 1.807) is 0 Å². The van der Waals surface area contributed by atoms with E-state index in [0.717, 1.165) is 77.0 Å². The van der Waals surface area contributed by atoms with Crippen molar-refractivity contribution in [3.8, 4) is 0 Å². The first-order chi connectivity index (χ1) is 31.9. The number of aromatic nitrogens is 2. The SMILES string of the molecule is CCCCC/C=C\CCC(CCCCCCCCCCCCCC)OC(=O)CCC(NC(=O)c1cnc[nH]1)C(=O)OC(CC/C=C\CCCCC)CCCCCCCCCCCCCC. The second-order valence-corrected chi connectivity index (χ2v) is 19.1. The standard InChI is InChI=1S/C57H103N3O5/c1-5-9-13-17-21-23-25-27-29-33-37-40-44-51(43-39-35-31-19-15-11-7-3)64-55(61)48-47-53(60-56(62)54-49-58-50-59-54)57(63)65-52(45-41-36-32-20-16-12-8-4)46-42-38-34-30-28-26-24-22-18-14-10-6-2/h31-32,35-36,49-53H,5-30,33-34,37-48H2,1-4H3,(H,58,59)(H,60,62)/b35-31-,36-32-. The van der Waals surface area contributed by atoms with Crippen LogP contribution >= 0.6 is 0 Å². The molecule has 0 spiro atoms. The fourth-order valence-electron chi connectivity index (χ4n) is 8.63. The van der Waals surface area contributed by atoms with Gasteiger partial charge in [-0.2, -0.15) is 0 Å². The largest absolute Gasteiger partial charge is 0.462 e. The van der Waals surface area contributed by atoms with Gasteiger partial charge in [0, 0.05) is 6.42 Å². The molecule has 3 unspecified atom stereocenters. The summed E-state index contributed by atoms with van der Waals surface area (Å²) in [6, 6.07) is -0.978. The third kappa shape index (κ3) is 37.8. The average molecular weight is 910 g/mol. The molecule has 0 aliphatic carbocycles. The first-order valence-electron chi connectivity index (χ1n) is 27.9. The summed E-state index contributed by atoms with van der Waals surface area (Å²) in [5.41, 5.74) is 0.261. The molecule has 0 aliphatic rings. The van der Waals surface area contributed by atoms with Crippen molar-refractivity contribution in [2.45, 2.75) is 303 Å². The third-order valence-electron chi connectivity index (χ3n) is 12.9. The first kappa shape index (κ1) is 60.1. The van der Waals surface area contributed by atoms with Crippen LogP contribution in [0, 0.1) is 0 Å². The minimum atomic E-state index is -0.978. The molecule has 0 aromatic carbocycles. The number of esters is 2. The number of H-pyrrole nitrogens is 1. The number of carbonyl (C=O) groups is 3. The van der Waals surface area contributed by atoms with Gasteiger partial charge in [0.1, 0.15) is 23.9 Å².